The van der Waals surface area contributed by atoms with Crippen molar-refractivity contribution in [3.63, 3.8) is 0 Å². The topological polar surface area (TPSA) is 38.1 Å². The lowest BCUT2D eigenvalue weighted by Crippen LogP contribution is -2.19. The van der Waals surface area contributed by atoms with Crippen molar-refractivity contribution in [2.45, 2.75) is 20.8 Å². The summed E-state index contributed by atoms with van der Waals surface area (Å²) in [5, 5.41) is 5.25. The Kier molecular flexibility index (Phi) is 5.59. The molecule has 0 radical (unpaired) electrons. The number of nitrogens with zero attached hydrogens (tertiary/aromatic N) is 1. The number of aryl methyl sites for hydroxylation is 1. The van der Waals surface area contributed by atoms with E-state index in [0.717, 1.165) is 34.1 Å². The van der Waals surface area contributed by atoms with E-state index in [9.17, 15) is 0 Å². The van der Waals surface area contributed by atoms with Crippen LogP contribution < -0.4 is 16.0 Å². The summed E-state index contributed by atoms with van der Waals surface area (Å²) in [6, 6.07) is 4.02. The van der Waals surface area contributed by atoms with Gasteiger partial charge in [-0.15, -0.1) is 0 Å². The smallest absolute Gasteiger partial charge is 0.227 e. The highest BCUT2D eigenvalue weighted by Crippen LogP contribution is 2.09. The number of fused-ring (bicyclic) bond motifs is 1. The van der Waals surface area contributed by atoms with Gasteiger partial charge in [-0.25, -0.2) is 4.98 Å². The minimum atomic E-state index is 0.637. The minimum Gasteiger partial charge on any atom is -0.438 e. The largest absolute Gasteiger partial charge is 0.438 e. The molecule has 0 aromatic carbocycles. The summed E-state index contributed by atoms with van der Waals surface area (Å²) in [6.07, 6.45) is 7.58. The molecule has 2 rings (SSSR count). The molecule has 2 aromatic rings. The second-order valence-corrected chi connectivity index (χ2v) is 5.83. The van der Waals surface area contributed by atoms with Crippen LogP contribution in [0.15, 0.2) is 64.8 Å². The second-order valence-electron chi connectivity index (χ2n) is 5.83. The highest BCUT2D eigenvalue weighted by atomic mass is 16.3. The molecule has 0 saturated heterocycles. The molecule has 0 aliphatic heterocycles. The molecule has 0 spiro atoms. The molecule has 2 aromatic heterocycles. The Balaban J connectivity index is 2.31. The lowest BCUT2D eigenvalue weighted by molar-refractivity contribution is 0.565. The van der Waals surface area contributed by atoms with E-state index in [-0.39, 0.29) is 0 Å². The first-order chi connectivity index (χ1) is 11.4. The van der Waals surface area contributed by atoms with E-state index in [1.54, 1.807) is 6.08 Å². The summed E-state index contributed by atoms with van der Waals surface area (Å²) in [5.74, 6) is 0. The van der Waals surface area contributed by atoms with Crippen molar-refractivity contribution in [2.75, 3.05) is 6.54 Å². The molecule has 0 aliphatic rings. The van der Waals surface area contributed by atoms with Crippen LogP contribution in [-0.4, -0.2) is 11.5 Å². The molecular weight excluding hydrogens is 296 g/mol. The number of allylic oxidation sites excluding steroid dienone is 4. The van der Waals surface area contributed by atoms with E-state index < -0.39 is 0 Å². The molecule has 0 fully saturated rings. The number of aromatic nitrogens is 1. The third-order valence-electron chi connectivity index (χ3n) is 3.86. The van der Waals surface area contributed by atoms with Crippen molar-refractivity contribution in [3.8, 4) is 0 Å². The lowest BCUT2D eigenvalue weighted by Gasteiger charge is -2.08. The fraction of sp³-hybridized carbons (Fsp3) is 0.190. The molecular formula is C21H24N2O. The molecule has 1 N–H and O–H groups in total. The number of pyridine rings is 1. The third kappa shape index (κ3) is 4.13. The van der Waals surface area contributed by atoms with Crippen LogP contribution in [0.4, 0.5) is 0 Å². The number of hydrogen-bond donors (Lipinski definition) is 1. The first kappa shape index (κ1) is 17.5. The average molecular weight is 320 g/mol. The van der Waals surface area contributed by atoms with E-state index in [1.807, 2.05) is 31.2 Å². The van der Waals surface area contributed by atoms with Crippen LogP contribution >= 0.6 is 0 Å². The van der Waals surface area contributed by atoms with Gasteiger partial charge in [0.1, 0.15) is 5.42 Å². The lowest BCUT2D eigenvalue weighted by atomic mass is 10.1. The van der Waals surface area contributed by atoms with Gasteiger partial charge in [0.15, 0.2) is 0 Å². The van der Waals surface area contributed by atoms with Gasteiger partial charge in [-0.1, -0.05) is 37.5 Å². The highest BCUT2D eigenvalue weighted by molar-refractivity contribution is 5.76. The summed E-state index contributed by atoms with van der Waals surface area (Å²) in [5.41, 5.74) is 5.45. The zero-order valence-corrected chi connectivity index (χ0v) is 14.6. The van der Waals surface area contributed by atoms with Gasteiger partial charge >= 0.3 is 0 Å². The van der Waals surface area contributed by atoms with Crippen LogP contribution in [0, 0.1) is 6.92 Å². The Bertz CT molecular complexity index is 942. The van der Waals surface area contributed by atoms with E-state index in [1.165, 1.54) is 5.57 Å². The fourth-order valence-electron chi connectivity index (χ4n) is 2.26. The van der Waals surface area contributed by atoms with Crippen molar-refractivity contribution >= 4 is 23.8 Å². The molecule has 0 atom stereocenters. The Morgan fingerprint density at radius 1 is 1.33 bits per heavy atom. The molecule has 0 unspecified atom stereocenters. The van der Waals surface area contributed by atoms with Crippen LogP contribution in [0.2, 0.25) is 0 Å². The maximum atomic E-state index is 5.68. The molecule has 3 heteroatoms. The van der Waals surface area contributed by atoms with Crippen molar-refractivity contribution in [1.29, 1.82) is 0 Å². The Morgan fingerprint density at radius 2 is 2.08 bits per heavy atom. The van der Waals surface area contributed by atoms with Gasteiger partial charge in [-0.3, -0.25) is 0 Å². The van der Waals surface area contributed by atoms with Gasteiger partial charge in [0.2, 0.25) is 5.71 Å². The molecule has 0 saturated carbocycles. The molecule has 0 amide bonds. The van der Waals surface area contributed by atoms with Crippen LogP contribution in [0.25, 0.3) is 23.8 Å². The van der Waals surface area contributed by atoms with Crippen LogP contribution in [0.3, 0.4) is 0 Å². The SMILES string of the molecule is C=C/C=C\C(=C)NC/C(C)=C(C)/C=c1\c(=C)oc2nc(C)ccc12. The summed E-state index contributed by atoms with van der Waals surface area (Å²) >= 11 is 0. The van der Waals surface area contributed by atoms with Crippen molar-refractivity contribution in [1.82, 2.24) is 10.3 Å². The predicted octanol–water partition coefficient (Wildman–Crippen LogP) is 3.51. The fourth-order valence-corrected chi connectivity index (χ4v) is 2.26. The normalized spacial score (nSPS) is 13.4. The van der Waals surface area contributed by atoms with Gasteiger partial charge < -0.3 is 9.73 Å². The van der Waals surface area contributed by atoms with Gasteiger partial charge in [-0.05, 0) is 50.6 Å². The van der Waals surface area contributed by atoms with Gasteiger partial charge in [0.25, 0.3) is 0 Å². The molecule has 2 heterocycles. The monoisotopic (exact) mass is 320 g/mol. The minimum absolute atomic E-state index is 0.637. The molecule has 3 nitrogen and oxygen atoms in total. The average Bonchev–Trinajstić information content (AvgIpc) is 2.85. The third-order valence-corrected chi connectivity index (χ3v) is 3.86. The number of nitrogens with one attached hydrogen (secondary N) is 1. The van der Waals surface area contributed by atoms with E-state index in [2.05, 4.69) is 50.0 Å². The quantitative estimate of drug-likeness (QED) is 0.828. The van der Waals surface area contributed by atoms with Crippen molar-refractivity contribution in [2.24, 2.45) is 0 Å². The standard InChI is InChI=1S/C21H24N2O/c1-7-8-9-16(4)22-13-15(3)14(2)12-20-18(6)24-21-19(20)11-10-17(5)23-21/h7-12,22H,1,4,6,13H2,2-3,5H3/b9-8-,15-14+,20-12+. The highest BCUT2D eigenvalue weighted by Gasteiger charge is 2.04. The number of furan rings is 1. The second kappa shape index (κ2) is 7.64. The summed E-state index contributed by atoms with van der Waals surface area (Å²) in [4.78, 5) is 4.41. The van der Waals surface area contributed by atoms with Crippen LogP contribution in [-0.2, 0) is 0 Å². The maximum Gasteiger partial charge on any atom is 0.227 e. The zero-order chi connectivity index (χ0) is 17.7. The Hall–Kier alpha value is -2.81. The first-order valence-corrected chi connectivity index (χ1v) is 7.87. The van der Waals surface area contributed by atoms with E-state index in [0.29, 0.717) is 11.1 Å². The molecule has 24 heavy (non-hydrogen) atoms. The van der Waals surface area contributed by atoms with Crippen molar-refractivity contribution in [3.05, 3.63) is 76.7 Å². The van der Waals surface area contributed by atoms with Crippen LogP contribution in [0.5, 0.6) is 0 Å². The Labute approximate surface area is 143 Å². The van der Waals surface area contributed by atoms with Gasteiger partial charge in [-0.2, -0.15) is 0 Å². The Morgan fingerprint density at radius 3 is 2.79 bits per heavy atom. The zero-order valence-electron chi connectivity index (χ0n) is 14.6. The summed E-state index contributed by atoms with van der Waals surface area (Å²) < 4.78 is 5.68. The summed E-state index contributed by atoms with van der Waals surface area (Å²) in [6.45, 7) is 18.4. The number of rotatable bonds is 6. The number of hydrogen-bond acceptors (Lipinski definition) is 3. The maximum absolute atomic E-state index is 5.68. The predicted molar refractivity (Wildman–Crippen MR) is 103 cm³/mol. The molecule has 0 bridgehead atoms. The molecule has 124 valence electrons. The van der Waals surface area contributed by atoms with Gasteiger partial charge in [0.05, 0.1) is 0 Å². The van der Waals surface area contributed by atoms with Crippen LogP contribution in [0.1, 0.15) is 19.5 Å². The first-order valence-electron chi connectivity index (χ1n) is 7.87. The van der Waals surface area contributed by atoms with E-state index >= 15 is 0 Å². The van der Waals surface area contributed by atoms with Gasteiger partial charge in [0, 0.05) is 28.5 Å². The van der Waals surface area contributed by atoms with Crippen molar-refractivity contribution < 1.29 is 4.42 Å². The molecule has 0 aliphatic carbocycles. The van der Waals surface area contributed by atoms with E-state index in [4.69, 9.17) is 4.42 Å². The summed E-state index contributed by atoms with van der Waals surface area (Å²) in [7, 11) is 0.